The third kappa shape index (κ3) is 1.24. The molecule has 0 saturated heterocycles. The van der Waals surface area contributed by atoms with Crippen LogP contribution in [0.5, 0.6) is 5.75 Å². The van der Waals surface area contributed by atoms with Crippen molar-refractivity contribution < 1.29 is 9.84 Å². The zero-order valence-electron chi connectivity index (χ0n) is 6.26. The molecule has 0 saturated carbocycles. The van der Waals surface area contributed by atoms with Gasteiger partial charge < -0.3 is 10.3 Å². The van der Waals surface area contributed by atoms with E-state index in [1.165, 1.54) is 0 Å². The minimum atomic E-state index is -0.164. The normalized spacial score (nSPS) is 10.1. The first-order valence-corrected chi connectivity index (χ1v) is 3.50. The molecule has 1 rings (SSSR count). The van der Waals surface area contributed by atoms with Crippen LogP contribution in [-0.4, -0.2) is 5.11 Å². The largest absolute Gasteiger partial charge is 0.617 e. The van der Waals surface area contributed by atoms with E-state index in [0.29, 0.717) is 16.0 Å². The fourth-order valence-corrected chi connectivity index (χ4v) is 1.14. The lowest BCUT2D eigenvalue weighted by Gasteiger charge is -2.05. The maximum atomic E-state index is 11.0. The number of aromatic hydroxyl groups is 1. The highest BCUT2D eigenvalue weighted by atomic mass is 35.5. The van der Waals surface area contributed by atoms with Gasteiger partial charge in [0, 0.05) is 18.6 Å². The summed E-state index contributed by atoms with van der Waals surface area (Å²) < 4.78 is 0.490. The van der Waals surface area contributed by atoms with Crippen LogP contribution in [0.15, 0.2) is 6.07 Å². The second-order valence-corrected chi connectivity index (χ2v) is 2.76. The third-order valence-corrected chi connectivity index (χ3v) is 1.83. The molecule has 11 heavy (non-hydrogen) atoms. The van der Waals surface area contributed by atoms with E-state index in [4.69, 9.17) is 16.7 Å². The molecular weight excluding hydrogens is 166 g/mol. The van der Waals surface area contributed by atoms with E-state index in [1.54, 1.807) is 19.9 Å². The van der Waals surface area contributed by atoms with Crippen LogP contribution >= 0.6 is 11.6 Å². The summed E-state index contributed by atoms with van der Waals surface area (Å²) in [4.78, 5) is 0. The fourth-order valence-electron chi connectivity index (χ4n) is 0.854. The van der Waals surface area contributed by atoms with E-state index < -0.39 is 0 Å². The smallest absolute Gasteiger partial charge is 0.329 e. The third-order valence-electron chi connectivity index (χ3n) is 1.49. The number of halogens is 1. The van der Waals surface area contributed by atoms with Crippen molar-refractivity contribution in [2.45, 2.75) is 13.8 Å². The summed E-state index contributed by atoms with van der Waals surface area (Å²) in [7, 11) is 0. The lowest BCUT2D eigenvalue weighted by atomic mass is 10.2. The van der Waals surface area contributed by atoms with Gasteiger partial charge in [0.15, 0.2) is 5.69 Å². The van der Waals surface area contributed by atoms with Crippen molar-refractivity contribution in [1.29, 1.82) is 0 Å². The van der Waals surface area contributed by atoms with Crippen LogP contribution in [0.1, 0.15) is 11.3 Å². The molecular formula is C7H8ClNO2. The summed E-state index contributed by atoms with van der Waals surface area (Å²) >= 11 is 5.49. The molecule has 0 fully saturated rings. The van der Waals surface area contributed by atoms with Gasteiger partial charge in [0.25, 0.3) is 0 Å². The summed E-state index contributed by atoms with van der Waals surface area (Å²) in [5, 5.41) is 20.0. The van der Waals surface area contributed by atoms with E-state index in [2.05, 4.69) is 0 Å². The highest BCUT2D eigenvalue weighted by Crippen LogP contribution is 2.23. The molecule has 60 valence electrons. The summed E-state index contributed by atoms with van der Waals surface area (Å²) in [6.45, 7) is 3.32. The lowest BCUT2D eigenvalue weighted by Crippen LogP contribution is -2.31. The number of aryl methyl sites for hydroxylation is 2. The standard InChI is InChI=1S/C7H8ClNO2/c1-4-3-5(2)9(11)7(8)6(4)10/h3,10H,1-2H3. The molecule has 1 aromatic rings. The Morgan fingerprint density at radius 2 is 2.09 bits per heavy atom. The minimum absolute atomic E-state index is 0.146. The van der Waals surface area contributed by atoms with Crippen LogP contribution in [0.2, 0.25) is 5.15 Å². The fraction of sp³-hybridized carbons (Fsp3) is 0.286. The van der Waals surface area contributed by atoms with Crippen molar-refractivity contribution in [3.63, 3.8) is 0 Å². The number of hydrogen-bond acceptors (Lipinski definition) is 2. The number of hydrogen-bond donors (Lipinski definition) is 1. The van der Waals surface area contributed by atoms with Gasteiger partial charge >= 0.3 is 5.15 Å². The Bertz CT molecular complexity index is 273. The summed E-state index contributed by atoms with van der Waals surface area (Å²) in [5.41, 5.74) is 1.09. The first-order chi connectivity index (χ1) is 5.04. The lowest BCUT2D eigenvalue weighted by molar-refractivity contribution is -0.610. The first-order valence-electron chi connectivity index (χ1n) is 3.12. The van der Waals surface area contributed by atoms with Crippen LogP contribution in [-0.2, 0) is 0 Å². The van der Waals surface area contributed by atoms with Gasteiger partial charge in [0.2, 0.25) is 5.75 Å². The Labute approximate surface area is 69.4 Å². The molecule has 3 nitrogen and oxygen atoms in total. The second-order valence-electron chi connectivity index (χ2n) is 2.40. The topological polar surface area (TPSA) is 47.2 Å². The average Bonchev–Trinajstić information content (AvgIpc) is 1.97. The molecule has 0 aliphatic carbocycles. The van der Waals surface area contributed by atoms with Crippen LogP contribution < -0.4 is 4.73 Å². The molecule has 0 aliphatic heterocycles. The minimum Gasteiger partial charge on any atom is -0.617 e. The quantitative estimate of drug-likeness (QED) is 0.365. The van der Waals surface area contributed by atoms with Crippen molar-refractivity contribution >= 4 is 11.6 Å². The summed E-state index contributed by atoms with van der Waals surface area (Å²) in [6, 6.07) is 1.58. The van der Waals surface area contributed by atoms with Crippen LogP contribution in [0.25, 0.3) is 0 Å². The highest BCUT2D eigenvalue weighted by molar-refractivity contribution is 6.29. The molecule has 0 aromatic carbocycles. The number of aromatic nitrogens is 1. The Balaban J connectivity index is 3.46. The molecule has 1 aromatic heterocycles. The molecule has 0 bridgehead atoms. The van der Waals surface area contributed by atoms with Gasteiger partial charge in [0.1, 0.15) is 0 Å². The molecule has 1 heterocycles. The zero-order chi connectivity index (χ0) is 8.59. The van der Waals surface area contributed by atoms with Crippen molar-refractivity contribution in [3.05, 3.63) is 27.7 Å². The number of nitrogens with zero attached hydrogens (tertiary/aromatic N) is 1. The predicted molar refractivity (Wildman–Crippen MR) is 41.6 cm³/mol. The van der Waals surface area contributed by atoms with E-state index in [1.807, 2.05) is 0 Å². The monoisotopic (exact) mass is 173 g/mol. The van der Waals surface area contributed by atoms with E-state index in [-0.39, 0.29) is 10.9 Å². The van der Waals surface area contributed by atoms with Crippen molar-refractivity contribution in [2.75, 3.05) is 0 Å². The van der Waals surface area contributed by atoms with E-state index in [0.717, 1.165) is 0 Å². The second kappa shape index (κ2) is 2.58. The maximum Gasteiger partial charge on any atom is 0.329 e. The van der Waals surface area contributed by atoms with Gasteiger partial charge in [0.05, 0.1) is 0 Å². The molecule has 0 atom stereocenters. The van der Waals surface area contributed by atoms with Gasteiger partial charge in [-0.3, -0.25) is 0 Å². The van der Waals surface area contributed by atoms with Crippen LogP contribution in [0.4, 0.5) is 0 Å². The van der Waals surface area contributed by atoms with E-state index in [9.17, 15) is 5.21 Å². The molecule has 1 N–H and O–H groups in total. The highest BCUT2D eigenvalue weighted by Gasteiger charge is 2.14. The van der Waals surface area contributed by atoms with Gasteiger partial charge in [-0.2, -0.15) is 4.73 Å². The van der Waals surface area contributed by atoms with Gasteiger partial charge in [-0.15, -0.1) is 0 Å². The van der Waals surface area contributed by atoms with Crippen LogP contribution in [0.3, 0.4) is 0 Å². The van der Waals surface area contributed by atoms with Crippen molar-refractivity contribution in [2.24, 2.45) is 0 Å². The summed E-state index contributed by atoms with van der Waals surface area (Å²) in [6.07, 6.45) is 0. The maximum absolute atomic E-state index is 11.0. The Morgan fingerprint density at radius 3 is 2.64 bits per heavy atom. The Hall–Kier alpha value is -0.960. The average molecular weight is 174 g/mol. The zero-order valence-corrected chi connectivity index (χ0v) is 7.01. The van der Waals surface area contributed by atoms with Crippen molar-refractivity contribution in [1.82, 2.24) is 0 Å². The van der Waals surface area contributed by atoms with Gasteiger partial charge in [-0.1, -0.05) is 0 Å². The molecule has 0 unspecified atom stereocenters. The number of rotatable bonds is 0. The molecule has 0 aliphatic rings. The number of pyridine rings is 1. The van der Waals surface area contributed by atoms with Crippen molar-refractivity contribution in [3.8, 4) is 5.75 Å². The van der Waals surface area contributed by atoms with Gasteiger partial charge in [-0.05, 0) is 18.5 Å². The Kier molecular flexibility index (Phi) is 1.91. The van der Waals surface area contributed by atoms with Gasteiger partial charge in [-0.25, -0.2) is 0 Å². The molecule has 4 heteroatoms. The summed E-state index contributed by atoms with van der Waals surface area (Å²) in [5.74, 6) is -0.146. The van der Waals surface area contributed by atoms with E-state index >= 15 is 0 Å². The molecule has 0 amide bonds. The first kappa shape index (κ1) is 8.14. The Morgan fingerprint density at radius 1 is 1.55 bits per heavy atom. The van der Waals surface area contributed by atoms with Crippen LogP contribution in [0, 0.1) is 19.1 Å². The predicted octanol–water partition coefficient (Wildman–Crippen LogP) is 1.30. The molecule has 0 radical (unpaired) electrons. The SMILES string of the molecule is Cc1cc(C)[n+]([O-])c(Cl)c1O. The molecule has 0 spiro atoms.